The van der Waals surface area contributed by atoms with E-state index in [2.05, 4.69) is 29.5 Å². The highest BCUT2D eigenvalue weighted by molar-refractivity contribution is 14.1. The van der Waals surface area contributed by atoms with Crippen molar-refractivity contribution in [3.05, 3.63) is 0 Å². The Hall–Kier alpha value is 0.690. The molecule has 0 aliphatic carbocycles. The van der Waals surface area contributed by atoms with Crippen LogP contribution in [0.25, 0.3) is 0 Å². The number of hydrogen-bond acceptors (Lipinski definition) is 1. The van der Waals surface area contributed by atoms with E-state index in [9.17, 15) is 0 Å². The van der Waals surface area contributed by atoms with E-state index >= 15 is 0 Å². The summed E-state index contributed by atoms with van der Waals surface area (Å²) in [5.41, 5.74) is 0. The molecule has 8 heavy (non-hydrogen) atoms. The van der Waals surface area contributed by atoms with Crippen LogP contribution in [0.3, 0.4) is 0 Å². The fourth-order valence-corrected chi connectivity index (χ4v) is 1.42. The normalized spacial score (nSPS) is 39.8. The lowest BCUT2D eigenvalue weighted by atomic mass is 10.0. The van der Waals surface area contributed by atoms with E-state index in [0.717, 1.165) is 23.1 Å². The van der Waals surface area contributed by atoms with Gasteiger partial charge in [0.2, 0.25) is 0 Å². The third-order valence-corrected chi connectivity index (χ3v) is 3.20. The first-order valence-electron chi connectivity index (χ1n) is 3.02. The minimum Gasteiger partial charge on any atom is -0.380 e. The van der Waals surface area contributed by atoms with Crippen LogP contribution in [-0.2, 0) is 4.74 Å². The zero-order valence-electron chi connectivity index (χ0n) is 5.06. The highest BCUT2D eigenvalue weighted by atomic mass is 127. The summed E-state index contributed by atoms with van der Waals surface area (Å²) >= 11 is 2.46. The second kappa shape index (κ2) is 3.01. The number of alkyl halides is 1. The molecule has 0 aromatic carbocycles. The van der Waals surface area contributed by atoms with Crippen LogP contribution in [0.2, 0.25) is 0 Å². The zero-order valence-corrected chi connectivity index (χ0v) is 7.22. The number of rotatable bonds is 0. The lowest BCUT2D eigenvalue weighted by Crippen LogP contribution is -2.24. The molecule has 0 radical (unpaired) electrons. The first-order valence-corrected chi connectivity index (χ1v) is 4.27. The number of hydrogen-bond donors (Lipinski definition) is 0. The lowest BCUT2D eigenvalue weighted by Gasteiger charge is -2.23. The van der Waals surface area contributed by atoms with Crippen molar-refractivity contribution < 1.29 is 4.74 Å². The van der Waals surface area contributed by atoms with Crippen molar-refractivity contribution in [2.45, 2.75) is 17.3 Å². The molecule has 0 spiro atoms. The van der Waals surface area contributed by atoms with Gasteiger partial charge in [-0.3, -0.25) is 0 Å². The van der Waals surface area contributed by atoms with Gasteiger partial charge < -0.3 is 4.74 Å². The van der Waals surface area contributed by atoms with Crippen molar-refractivity contribution in [3.63, 3.8) is 0 Å². The molecule has 1 saturated heterocycles. The summed E-state index contributed by atoms with van der Waals surface area (Å²) in [6.45, 7) is 4.22. The summed E-state index contributed by atoms with van der Waals surface area (Å²) in [7, 11) is 0. The van der Waals surface area contributed by atoms with Crippen molar-refractivity contribution in [1.82, 2.24) is 0 Å². The molecule has 0 unspecified atom stereocenters. The van der Waals surface area contributed by atoms with Gasteiger partial charge in [0.1, 0.15) is 0 Å². The molecule has 0 aromatic rings. The maximum Gasteiger partial charge on any atom is 0.0586 e. The van der Waals surface area contributed by atoms with Gasteiger partial charge >= 0.3 is 0 Å². The molecule has 1 rings (SSSR count). The Kier molecular flexibility index (Phi) is 2.56. The molecule has 1 heterocycles. The molecule has 2 atom stereocenters. The predicted octanol–water partition coefficient (Wildman–Crippen LogP) is 1.85. The van der Waals surface area contributed by atoms with Crippen molar-refractivity contribution in [1.29, 1.82) is 0 Å². The van der Waals surface area contributed by atoms with Crippen LogP contribution in [-0.4, -0.2) is 17.1 Å². The van der Waals surface area contributed by atoms with Gasteiger partial charge in [-0.25, -0.2) is 0 Å². The molecule has 1 aliphatic rings. The van der Waals surface area contributed by atoms with Gasteiger partial charge in [0.15, 0.2) is 0 Å². The summed E-state index contributed by atoms with van der Waals surface area (Å²) in [5, 5.41) is 0. The van der Waals surface area contributed by atoms with E-state index in [0.29, 0.717) is 0 Å². The van der Waals surface area contributed by atoms with E-state index < -0.39 is 0 Å². The van der Waals surface area contributed by atoms with Crippen molar-refractivity contribution in [2.75, 3.05) is 13.2 Å². The molecule has 1 nitrogen and oxygen atoms in total. The van der Waals surface area contributed by atoms with E-state index in [1.807, 2.05) is 0 Å². The third kappa shape index (κ3) is 1.58. The molecule has 1 aliphatic heterocycles. The van der Waals surface area contributed by atoms with Crippen molar-refractivity contribution >= 4 is 22.6 Å². The minimum atomic E-state index is 0.751. The average molecular weight is 226 g/mol. The average Bonchev–Trinajstić information content (AvgIpc) is 1.77. The van der Waals surface area contributed by atoms with Crippen LogP contribution in [0.4, 0.5) is 0 Å². The van der Waals surface area contributed by atoms with Gasteiger partial charge in [0.25, 0.3) is 0 Å². The largest absolute Gasteiger partial charge is 0.380 e. The fourth-order valence-electron chi connectivity index (χ4n) is 0.810. The van der Waals surface area contributed by atoms with E-state index in [-0.39, 0.29) is 0 Å². The molecule has 0 saturated carbocycles. The highest BCUT2D eigenvalue weighted by Gasteiger charge is 2.17. The Balaban J connectivity index is 2.28. The Morgan fingerprint density at radius 2 is 2.38 bits per heavy atom. The molecular weight excluding hydrogens is 215 g/mol. The molecule has 2 heteroatoms. The van der Waals surface area contributed by atoms with Gasteiger partial charge in [-0.05, 0) is 12.3 Å². The molecule has 0 amide bonds. The van der Waals surface area contributed by atoms with Gasteiger partial charge in [-0.1, -0.05) is 29.5 Å². The second-order valence-corrected chi connectivity index (χ2v) is 3.96. The minimum absolute atomic E-state index is 0.751. The Bertz CT molecular complexity index is 64.9. The van der Waals surface area contributed by atoms with Gasteiger partial charge in [-0.2, -0.15) is 0 Å². The first-order chi connectivity index (χ1) is 3.80. The Morgan fingerprint density at radius 3 is 2.75 bits per heavy atom. The van der Waals surface area contributed by atoms with Crippen LogP contribution in [0.5, 0.6) is 0 Å². The van der Waals surface area contributed by atoms with Crippen molar-refractivity contribution in [3.8, 4) is 0 Å². The van der Waals surface area contributed by atoms with Crippen LogP contribution in [0.1, 0.15) is 13.3 Å². The summed E-state index contributed by atoms with van der Waals surface area (Å²) in [5.74, 6) is 0.865. The first kappa shape index (κ1) is 6.81. The van der Waals surface area contributed by atoms with Crippen LogP contribution >= 0.6 is 22.6 Å². The van der Waals surface area contributed by atoms with Gasteiger partial charge in [0.05, 0.1) is 6.61 Å². The summed E-state index contributed by atoms with van der Waals surface area (Å²) in [4.78, 5) is 0. The molecule has 1 fully saturated rings. The standard InChI is InChI=1S/C6H11IO/c1-5-2-3-8-4-6(5)7/h5-6H,2-4H2,1H3/t5-,6-/m0/s1. The molecule has 0 bridgehead atoms. The quantitative estimate of drug-likeness (QED) is 0.452. The SMILES string of the molecule is C[C@H]1CCOC[C@@H]1I. The van der Waals surface area contributed by atoms with E-state index in [1.165, 1.54) is 6.42 Å². The van der Waals surface area contributed by atoms with Crippen LogP contribution in [0.15, 0.2) is 0 Å². The summed E-state index contributed by atoms with van der Waals surface area (Å²) in [6.07, 6.45) is 1.24. The summed E-state index contributed by atoms with van der Waals surface area (Å²) < 4.78 is 6.00. The second-order valence-electron chi connectivity index (χ2n) is 2.36. The summed E-state index contributed by atoms with van der Waals surface area (Å²) in [6, 6.07) is 0. The third-order valence-electron chi connectivity index (χ3n) is 1.61. The Labute approximate surface area is 63.9 Å². The smallest absolute Gasteiger partial charge is 0.0586 e. The molecule has 0 aromatic heterocycles. The fraction of sp³-hybridized carbons (Fsp3) is 1.00. The van der Waals surface area contributed by atoms with E-state index in [1.54, 1.807) is 0 Å². The monoisotopic (exact) mass is 226 g/mol. The Morgan fingerprint density at radius 1 is 1.62 bits per heavy atom. The number of halogens is 1. The van der Waals surface area contributed by atoms with E-state index in [4.69, 9.17) is 4.74 Å². The van der Waals surface area contributed by atoms with Gasteiger partial charge in [0, 0.05) is 10.5 Å². The maximum absolute atomic E-state index is 5.24. The topological polar surface area (TPSA) is 9.23 Å². The highest BCUT2D eigenvalue weighted by Crippen LogP contribution is 2.21. The van der Waals surface area contributed by atoms with Crippen molar-refractivity contribution in [2.24, 2.45) is 5.92 Å². The zero-order chi connectivity index (χ0) is 5.98. The van der Waals surface area contributed by atoms with Crippen LogP contribution in [0, 0.1) is 5.92 Å². The number of ether oxygens (including phenoxy) is 1. The lowest BCUT2D eigenvalue weighted by molar-refractivity contribution is 0.0813. The molecule has 48 valence electrons. The maximum atomic E-state index is 5.24. The van der Waals surface area contributed by atoms with Gasteiger partial charge in [-0.15, -0.1) is 0 Å². The molecule has 0 N–H and O–H groups in total. The van der Waals surface area contributed by atoms with Crippen LogP contribution < -0.4 is 0 Å². The molecular formula is C6H11IO. The predicted molar refractivity (Wildman–Crippen MR) is 42.4 cm³/mol.